The molecule has 32 heavy (non-hydrogen) atoms. The first-order valence-corrected chi connectivity index (χ1v) is 10.8. The van der Waals surface area contributed by atoms with Gasteiger partial charge in [0, 0.05) is 27.4 Å². The van der Waals surface area contributed by atoms with Gasteiger partial charge in [0.2, 0.25) is 0 Å². The van der Waals surface area contributed by atoms with Crippen LogP contribution in [0.1, 0.15) is 32.0 Å². The minimum Gasteiger partial charge on any atom is -0.322 e. The smallest absolute Gasteiger partial charge is 0.256 e. The number of rotatable bonds is 6. The highest BCUT2D eigenvalue weighted by molar-refractivity contribution is 9.10. The van der Waals surface area contributed by atoms with Crippen LogP contribution in [0.2, 0.25) is 0 Å². The number of amides is 2. The predicted octanol–water partition coefficient (Wildman–Crippen LogP) is 5.51. The summed E-state index contributed by atoms with van der Waals surface area (Å²) in [5, 5.41) is 10.3. The molecule has 4 rings (SSSR count). The fourth-order valence-electron chi connectivity index (χ4n) is 3.28. The van der Waals surface area contributed by atoms with Crippen molar-refractivity contribution >= 4 is 39.2 Å². The zero-order valence-electron chi connectivity index (χ0n) is 17.4. The molecule has 0 radical (unpaired) electrons. The van der Waals surface area contributed by atoms with Crippen molar-refractivity contribution in [3.8, 4) is 0 Å². The number of hydrogen-bond acceptors (Lipinski definition) is 3. The molecule has 3 aromatic carbocycles. The summed E-state index contributed by atoms with van der Waals surface area (Å²) < 4.78 is 2.59. The molecule has 6 nitrogen and oxygen atoms in total. The molecule has 0 unspecified atom stereocenters. The van der Waals surface area contributed by atoms with Crippen molar-refractivity contribution in [1.82, 2.24) is 9.78 Å². The number of nitrogens with zero attached hydrogens (tertiary/aromatic N) is 2. The molecule has 0 aliphatic rings. The predicted molar refractivity (Wildman–Crippen MR) is 129 cm³/mol. The third-order valence-corrected chi connectivity index (χ3v) is 5.28. The number of halogens is 1. The van der Waals surface area contributed by atoms with Gasteiger partial charge in [-0.25, -0.2) is 4.68 Å². The van der Waals surface area contributed by atoms with E-state index in [1.54, 1.807) is 47.1 Å². The number of carbonyl (C=O) groups excluding carboxylic acids is 2. The van der Waals surface area contributed by atoms with E-state index in [-0.39, 0.29) is 11.8 Å². The number of aromatic nitrogens is 2. The Morgan fingerprint density at radius 3 is 2.28 bits per heavy atom. The van der Waals surface area contributed by atoms with E-state index in [2.05, 4.69) is 31.7 Å². The van der Waals surface area contributed by atoms with Crippen LogP contribution in [0.15, 0.2) is 89.4 Å². The van der Waals surface area contributed by atoms with Gasteiger partial charge in [-0.3, -0.25) is 9.59 Å². The summed E-state index contributed by atoms with van der Waals surface area (Å²) in [4.78, 5) is 25.4. The van der Waals surface area contributed by atoms with E-state index in [0.29, 0.717) is 29.2 Å². The zero-order chi connectivity index (χ0) is 22.5. The lowest BCUT2D eigenvalue weighted by Gasteiger charge is -2.10. The number of benzene rings is 3. The van der Waals surface area contributed by atoms with Gasteiger partial charge < -0.3 is 10.6 Å². The molecule has 1 heterocycles. The number of aryl methyl sites for hydroxylation is 1. The first-order chi connectivity index (χ1) is 15.5. The lowest BCUT2D eigenvalue weighted by atomic mass is 10.1. The standard InChI is InChI=1S/C25H21BrN4O2/c1-17-13-23(30(29-17)16-18-7-3-2-4-8-18)28-25(32)20-10-6-12-22(15-20)27-24(31)19-9-5-11-21(26)14-19/h2-15H,16H2,1H3,(H,27,31)(H,28,32). The second kappa shape index (κ2) is 9.62. The number of nitrogens with one attached hydrogen (secondary N) is 2. The lowest BCUT2D eigenvalue weighted by Crippen LogP contribution is -2.17. The summed E-state index contributed by atoms with van der Waals surface area (Å²) in [7, 11) is 0. The monoisotopic (exact) mass is 488 g/mol. The van der Waals surface area contributed by atoms with Gasteiger partial charge in [-0.05, 0) is 48.9 Å². The minimum absolute atomic E-state index is 0.250. The van der Waals surface area contributed by atoms with E-state index in [1.807, 2.05) is 49.4 Å². The summed E-state index contributed by atoms with van der Waals surface area (Å²) in [6.45, 7) is 2.43. The van der Waals surface area contributed by atoms with Gasteiger partial charge in [0.05, 0.1) is 12.2 Å². The molecule has 0 saturated carbocycles. The molecule has 4 aromatic rings. The molecule has 0 spiro atoms. The van der Waals surface area contributed by atoms with E-state index in [0.717, 1.165) is 15.7 Å². The summed E-state index contributed by atoms with van der Waals surface area (Å²) in [6.07, 6.45) is 0. The third kappa shape index (κ3) is 5.31. The molecule has 0 atom stereocenters. The second-order valence-corrected chi connectivity index (χ2v) is 8.23. The Bertz CT molecular complexity index is 1270. The van der Waals surface area contributed by atoms with E-state index in [4.69, 9.17) is 0 Å². The van der Waals surface area contributed by atoms with E-state index < -0.39 is 0 Å². The molecule has 0 saturated heterocycles. The van der Waals surface area contributed by atoms with Crippen LogP contribution in [-0.4, -0.2) is 21.6 Å². The van der Waals surface area contributed by atoms with Crippen molar-refractivity contribution < 1.29 is 9.59 Å². The van der Waals surface area contributed by atoms with E-state index in [9.17, 15) is 9.59 Å². The molecular formula is C25H21BrN4O2. The summed E-state index contributed by atoms with van der Waals surface area (Å²) in [6, 6.07) is 25.7. The van der Waals surface area contributed by atoms with Crippen molar-refractivity contribution in [2.24, 2.45) is 0 Å². The molecule has 0 fully saturated rings. The van der Waals surface area contributed by atoms with Gasteiger partial charge >= 0.3 is 0 Å². The Morgan fingerprint density at radius 2 is 1.53 bits per heavy atom. The van der Waals surface area contributed by atoms with E-state index >= 15 is 0 Å². The highest BCUT2D eigenvalue weighted by Crippen LogP contribution is 2.18. The molecule has 0 aliphatic carbocycles. The normalized spacial score (nSPS) is 10.6. The maximum atomic E-state index is 12.9. The molecule has 2 amide bonds. The minimum atomic E-state index is -0.280. The van der Waals surface area contributed by atoms with Gasteiger partial charge in [-0.2, -0.15) is 5.10 Å². The average molecular weight is 489 g/mol. The SMILES string of the molecule is Cc1cc(NC(=O)c2cccc(NC(=O)c3cccc(Br)c3)c2)n(Cc2ccccc2)n1. The Labute approximate surface area is 194 Å². The Kier molecular flexibility index (Phi) is 6.47. The highest BCUT2D eigenvalue weighted by atomic mass is 79.9. The number of hydrogen-bond donors (Lipinski definition) is 2. The number of carbonyl (C=O) groups is 2. The summed E-state index contributed by atoms with van der Waals surface area (Å²) >= 11 is 3.37. The van der Waals surface area contributed by atoms with Crippen molar-refractivity contribution in [2.45, 2.75) is 13.5 Å². The first-order valence-electron chi connectivity index (χ1n) is 10.0. The van der Waals surface area contributed by atoms with Gasteiger partial charge in [-0.15, -0.1) is 0 Å². The fraction of sp³-hybridized carbons (Fsp3) is 0.0800. The van der Waals surface area contributed by atoms with Crippen LogP contribution in [0.4, 0.5) is 11.5 Å². The van der Waals surface area contributed by atoms with Crippen molar-refractivity contribution in [3.05, 3.63) is 112 Å². The average Bonchev–Trinajstić information content (AvgIpc) is 3.13. The molecule has 160 valence electrons. The molecular weight excluding hydrogens is 468 g/mol. The van der Waals surface area contributed by atoms with Crippen LogP contribution in [0.5, 0.6) is 0 Å². The molecule has 7 heteroatoms. The van der Waals surface area contributed by atoms with Crippen LogP contribution in [0.25, 0.3) is 0 Å². The topological polar surface area (TPSA) is 76.0 Å². The van der Waals surface area contributed by atoms with Crippen LogP contribution < -0.4 is 10.6 Å². The van der Waals surface area contributed by atoms with Gasteiger partial charge in [0.15, 0.2) is 0 Å². The van der Waals surface area contributed by atoms with Crippen LogP contribution >= 0.6 is 15.9 Å². The summed E-state index contributed by atoms with van der Waals surface area (Å²) in [5.41, 5.74) is 3.39. The first kappa shape index (κ1) is 21.5. The maximum Gasteiger partial charge on any atom is 0.256 e. The Balaban J connectivity index is 1.48. The Morgan fingerprint density at radius 1 is 0.844 bits per heavy atom. The largest absolute Gasteiger partial charge is 0.322 e. The molecule has 1 aromatic heterocycles. The number of anilines is 2. The quantitative estimate of drug-likeness (QED) is 0.375. The highest BCUT2D eigenvalue weighted by Gasteiger charge is 2.13. The summed E-state index contributed by atoms with van der Waals surface area (Å²) in [5.74, 6) is 0.0816. The van der Waals surface area contributed by atoms with Crippen LogP contribution in [0.3, 0.4) is 0 Å². The van der Waals surface area contributed by atoms with Crippen LogP contribution in [-0.2, 0) is 6.54 Å². The van der Waals surface area contributed by atoms with Gasteiger partial charge in [0.25, 0.3) is 11.8 Å². The Hall–Kier alpha value is -3.71. The van der Waals surface area contributed by atoms with Gasteiger partial charge in [0.1, 0.15) is 5.82 Å². The molecule has 0 bridgehead atoms. The second-order valence-electron chi connectivity index (χ2n) is 7.31. The third-order valence-electron chi connectivity index (χ3n) is 4.79. The zero-order valence-corrected chi connectivity index (χ0v) is 19.0. The van der Waals surface area contributed by atoms with Crippen LogP contribution in [0, 0.1) is 6.92 Å². The lowest BCUT2D eigenvalue weighted by molar-refractivity contribution is 0.101. The van der Waals surface area contributed by atoms with Crippen molar-refractivity contribution in [1.29, 1.82) is 0 Å². The fourth-order valence-corrected chi connectivity index (χ4v) is 3.68. The molecule has 2 N–H and O–H groups in total. The van der Waals surface area contributed by atoms with E-state index in [1.165, 1.54) is 0 Å². The van der Waals surface area contributed by atoms with Gasteiger partial charge in [-0.1, -0.05) is 58.4 Å². The maximum absolute atomic E-state index is 12.9. The van der Waals surface area contributed by atoms with Crippen molar-refractivity contribution in [2.75, 3.05) is 10.6 Å². The van der Waals surface area contributed by atoms with Crippen molar-refractivity contribution in [3.63, 3.8) is 0 Å². The molecule has 0 aliphatic heterocycles.